The molecule has 3 aromatic carbocycles. The van der Waals surface area contributed by atoms with E-state index in [1.165, 1.54) is 10.6 Å². The van der Waals surface area contributed by atoms with E-state index < -0.39 is 7.92 Å². The van der Waals surface area contributed by atoms with Gasteiger partial charge in [0.05, 0.1) is 6.61 Å². The van der Waals surface area contributed by atoms with Gasteiger partial charge in [0.15, 0.2) is 0 Å². The zero-order valence-electron chi connectivity index (χ0n) is 14.7. The Balaban J connectivity index is 2.10. The topological polar surface area (TPSA) is 49.3 Å². The van der Waals surface area contributed by atoms with E-state index in [1.807, 2.05) is 60.7 Å². The minimum atomic E-state index is -0.852. The Bertz CT molecular complexity index is 813. The maximum atomic E-state index is 12.8. The third kappa shape index (κ3) is 4.19. The molecule has 0 aromatic heterocycles. The van der Waals surface area contributed by atoms with E-state index in [4.69, 9.17) is 0 Å². The first-order valence-electron chi connectivity index (χ1n) is 8.61. The van der Waals surface area contributed by atoms with Crippen LogP contribution in [0.15, 0.2) is 84.9 Å². The fourth-order valence-corrected chi connectivity index (χ4v) is 5.24. The molecule has 0 saturated carbocycles. The minimum Gasteiger partial charge on any atom is -0.394 e. The van der Waals surface area contributed by atoms with Crippen molar-refractivity contribution in [2.45, 2.75) is 13.0 Å². The van der Waals surface area contributed by atoms with E-state index in [1.54, 1.807) is 6.92 Å². The van der Waals surface area contributed by atoms with Gasteiger partial charge in [-0.1, -0.05) is 78.9 Å². The molecule has 0 bridgehead atoms. The van der Waals surface area contributed by atoms with Gasteiger partial charge in [-0.25, -0.2) is 0 Å². The van der Waals surface area contributed by atoms with E-state index in [-0.39, 0.29) is 18.6 Å². The van der Waals surface area contributed by atoms with Crippen LogP contribution >= 0.6 is 7.92 Å². The number of carbonyl (C=O) groups is 1. The predicted molar refractivity (Wildman–Crippen MR) is 109 cm³/mol. The Kier molecular flexibility index (Phi) is 6.17. The number of amides is 1. The second-order valence-corrected chi connectivity index (χ2v) is 8.27. The molecule has 3 rings (SSSR count). The third-order valence-corrected chi connectivity index (χ3v) is 6.57. The van der Waals surface area contributed by atoms with Gasteiger partial charge in [-0.2, -0.15) is 0 Å². The lowest BCUT2D eigenvalue weighted by Gasteiger charge is -2.22. The molecule has 0 fully saturated rings. The largest absolute Gasteiger partial charge is 0.394 e. The van der Waals surface area contributed by atoms with Crippen LogP contribution in [0.3, 0.4) is 0 Å². The summed E-state index contributed by atoms with van der Waals surface area (Å²) < 4.78 is 0. The van der Waals surface area contributed by atoms with Crippen LogP contribution < -0.4 is 21.2 Å². The van der Waals surface area contributed by atoms with Crippen molar-refractivity contribution < 1.29 is 9.90 Å². The van der Waals surface area contributed by atoms with Gasteiger partial charge in [-0.15, -0.1) is 0 Å². The second-order valence-electron chi connectivity index (χ2n) is 6.08. The van der Waals surface area contributed by atoms with Gasteiger partial charge in [0, 0.05) is 11.6 Å². The molecule has 1 amide bonds. The molecule has 0 radical (unpaired) electrons. The number of hydrogen-bond donors (Lipinski definition) is 2. The highest BCUT2D eigenvalue weighted by Crippen LogP contribution is 2.33. The summed E-state index contributed by atoms with van der Waals surface area (Å²) in [5.41, 5.74) is 0.659. The average molecular weight is 363 g/mol. The molecule has 26 heavy (non-hydrogen) atoms. The molecule has 3 aromatic rings. The number of hydrogen-bond acceptors (Lipinski definition) is 2. The minimum absolute atomic E-state index is 0.0833. The standard InChI is InChI=1S/C22H22NO2P/c1-17(16-24)23-22(25)20-14-8-9-15-21(20)26(18-10-4-2-5-11-18)19-12-6-3-7-13-19/h2-15,17,24H,16H2,1H3,(H,23,25). The summed E-state index contributed by atoms with van der Waals surface area (Å²) in [4.78, 5) is 12.8. The SMILES string of the molecule is CC(CO)NC(=O)c1ccccc1P(c1ccccc1)c1ccccc1. The van der Waals surface area contributed by atoms with Crippen LogP contribution in [0, 0.1) is 0 Å². The predicted octanol–water partition coefficient (Wildman–Crippen LogP) is 2.56. The second kappa shape index (κ2) is 8.75. The van der Waals surface area contributed by atoms with Crippen molar-refractivity contribution in [2.24, 2.45) is 0 Å². The first-order chi connectivity index (χ1) is 12.7. The summed E-state index contributed by atoms with van der Waals surface area (Å²) in [5, 5.41) is 15.5. The Labute approximate surface area is 155 Å². The number of aliphatic hydroxyl groups excluding tert-OH is 1. The van der Waals surface area contributed by atoms with Gasteiger partial charge < -0.3 is 10.4 Å². The molecule has 1 atom stereocenters. The Morgan fingerprint density at radius 2 is 1.38 bits per heavy atom. The third-order valence-electron chi connectivity index (χ3n) is 4.07. The van der Waals surface area contributed by atoms with E-state index in [2.05, 4.69) is 29.6 Å². The van der Waals surface area contributed by atoms with Crippen LogP contribution in [0.5, 0.6) is 0 Å². The molecule has 2 N–H and O–H groups in total. The highest BCUT2D eigenvalue weighted by molar-refractivity contribution is 7.80. The Hall–Kier alpha value is -2.48. The summed E-state index contributed by atoms with van der Waals surface area (Å²) in [6.07, 6.45) is 0. The summed E-state index contributed by atoms with van der Waals surface area (Å²) in [7, 11) is -0.852. The van der Waals surface area contributed by atoms with Gasteiger partial charge >= 0.3 is 0 Å². The van der Waals surface area contributed by atoms with Gasteiger partial charge in [0.2, 0.25) is 0 Å². The van der Waals surface area contributed by atoms with E-state index in [0.29, 0.717) is 5.56 Å². The van der Waals surface area contributed by atoms with Crippen molar-refractivity contribution in [3.8, 4) is 0 Å². The van der Waals surface area contributed by atoms with Crippen molar-refractivity contribution in [2.75, 3.05) is 6.61 Å². The molecule has 0 spiro atoms. The zero-order valence-corrected chi connectivity index (χ0v) is 15.6. The van der Waals surface area contributed by atoms with Crippen LogP contribution in [0.2, 0.25) is 0 Å². The Morgan fingerprint density at radius 3 is 1.92 bits per heavy atom. The van der Waals surface area contributed by atoms with Crippen molar-refractivity contribution in [1.82, 2.24) is 5.32 Å². The van der Waals surface area contributed by atoms with Crippen molar-refractivity contribution >= 4 is 29.7 Å². The molecule has 132 valence electrons. The molecular formula is C22H22NO2P. The maximum Gasteiger partial charge on any atom is 0.252 e. The molecule has 4 heteroatoms. The average Bonchev–Trinajstić information content (AvgIpc) is 2.70. The van der Waals surface area contributed by atoms with Crippen LogP contribution in [0.1, 0.15) is 17.3 Å². The first kappa shape index (κ1) is 18.3. The summed E-state index contributed by atoms with van der Waals surface area (Å²) in [5.74, 6) is -0.151. The van der Waals surface area contributed by atoms with Crippen molar-refractivity contribution in [3.63, 3.8) is 0 Å². The zero-order chi connectivity index (χ0) is 18.4. The molecule has 1 unspecified atom stereocenters. The maximum absolute atomic E-state index is 12.8. The molecule has 0 saturated heterocycles. The molecule has 0 aliphatic heterocycles. The summed E-state index contributed by atoms with van der Waals surface area (Å²) >= 11 is 0. The molecular weight excluding hydrogens is 341 g/mol. The summed E-state index contributed by atoms with van der Waals surface area (Å²) in [6, 6.07) is 28.1. The lowest BCUT2D eigenvalue weighted by molar-refractivity contribution is 0.0923. The van der Waals surface area contributed by atoms with Gasteiger partial charge in [-0.3, -0.25) is 4.79 Å². The molecule has 0 aliphatic carbocycles. The highest BCUT2D eigenvalue weighted by Gasteiger charge is 2.22. The monoisotopic (exact) mass is 363 g/mol. The van der Waals surface area contributed by atoms with Crippen molar-refractivity contribution in [3.05, 3.63) is 90.5 Å². The van der Waals surface area contributed by atoms with Crippen LogP contribution in [0.25, 0.3) is 0 Å². The number of benzene rings is 3. The molecule has 0 heterocycles. The number of nitrogens with one attached hydrogen (secondary N) is 1. The van der Waals surface area contributed by atoms with Gasteiger partial charge in [0.1, 0.15) is 0 Å². The lowest BCUT2D eigenvalue weighted by Crippen LogP contribution is -2.38. The van der Waals surface area contributed by atoms with Crippen LogP contribution in [-0.4, -0.2) is 23.7 Å². The molecule has 3 nitrogen and oxygen atoms in total. The van der Waals surface area contributed by atoms with E-state index in [9.17, 15) is 9.90 Å². The molecule has 0 aliphatic rings. The summed E-state index contributed by atoms with van der Waals surface area (Å²) in [6.45, 7) is 1.71. The quantitative estimate of drug-likeness (QED) is 0.662. The van der Waals surface area contributed by atoms with E-state index >= 15 is 0 Å². The van der Waals surface area contributed by atoms with Gasteiger partial charge in [0.25, 0.3) is 5.91 Å². The van der Waals surface area contributed by atoms with Gasteiger partial charge in [-0.05, 0) is 36.8 Å². The highest BCUT2D eigenvalue weighted by atomic mass is 31.1. The number of rotatable bonds is 6. The van der Waals surface area contributed by atoms with Crippen LogP contribution in [-0.2, 0) is 0 Å². The first-order valence-corrected chi connectivity index (χ1v) is 9.96. The Morgan fingerprint density at radius 1 is 0.885 bits per heavy atom. The number of aliphatic hydroxyl groups is 1. The normalized spacial score (nSPS) is 12.0. The van der Waals surface area contributed by atoms with Crippen LogP contribution in [0.4, 0.5) is 0 Å². The number of carbonyl (C=O) groups excluding carboxylic acids is 1. The smallest absolute Gasteiger partial charge is 0.252 e. The fraction of sp³-hybridized carbons (Fsp3) is 0.136. The lowest BCUT2D eigenvalue weighted by atomic mass is 10.2. The van der Waals surface area contributed by atoms with E-state index in [0.717, 1.165) is 5.30 Å². The van der Waals surface area contributed by atoms with Crippen molar-refractivity contribution in [1.29, 1.82) is 0 Å². The fourth-order valence-electron chi connectivity index (χ4n) is 2.79.